The highest BCUT2D eigenvalue weighted by molar-refractivity contribution is 7.89. The molecule has 2 atom stereocenters. The minimum atomic E-state index is -3.23. The minimum Gasteiger partial charge on any atom is -0.355 e. The van der Waals surface area contributed by atoms with E-state index in [1.807, 2.05) is 0 Å². The maximum absolute atomic E-state index is 12.2. The summed E-state index contributed by atoms with van der Waals surface area (Å²) in [6.45, 7) is 5.09. The van der Waals surface area contributed by atoms with Crippen molar-refractivity contribution in [2.45, 2.75) is 38.5 Å². The number of piperidine rings is 1. The number of sulfonamides is 1. The molecule has 0 spiro atoms. The molecule has 0 aromatic heterocycles. The summed E-state index contributed by atoms with van der Waals surface area (Å²) in [5.41, 5.74) is 1.40. The van der Waals surface area contributed by atoms with Crippen molar-refractivity contribution in [3.63, 3.8) is 0 Å². The van der Waals surface area contributed by atoms with Gasteiger partial charge in [0.05, 0.1) is 5.75 Å². The highest BCUT2D eigenvalue weighted by Gasteiger charge is 2.28. The highest BCUT2D eigenvalue weighted by Crippen LogP contribution is 2.32. The number of rotatable bonds is 7. The Morgan fingerprint density at radius 2 is 1.96 bits per heavy atom. The predicted molar refractivity (Wildman–Crippen MR) is 115 cm³/mol. The molecule has 2 fully saturated rings. The second-order valence-electron chi connectivity index (χ2n) is 8.17. The first-order chi connectivity index (χ1) is 13.5. The van der Waals surface area contributed by atoms with Gasteiger partial charge in [-0.2, -0.15) is 0 Å². The molecule has 1 heterocycles. The molecule has 1 saturated heterocycles. The van der Waals surface area contributed by atoms with E-state index >= 15 is 0 Å². The second-order valence-corrected chi connectivity index (χ2v) is 10.1. The Hall–Kier alpha value is -1.60. The third kappa shape index (κ3) is 5.70. The average molecular weight is 407 g/mol. The van der Waals surface area contributed by atoms with Crippen LogP contribution in [0.25, 0.3) is 0 Å². The molecule has 2 unspecified atom stereocenters. The molecular formula is C21H34N4O2S. The highest BCUT2D eigenvalue weighted by atomic mass is 32.2. The monoisotopic (exact) mass is 406 g/mol. The van der Waals surface area contributed by atoms with Crippen molar-refractivity contribution in [1.82, 2.24) is 14.9 Å². The third-order valence-electron chi connectivity index (χ3n) is 6.11. The molecule has 2 aliphatic rings. The molecule has 1 aliphatic carbocycles. The van der Waals surface area contributed by atoms with Gasteiger partial charge >= 0.3 is 0 Å². The van der Waals surface area contributed by atoms with Gasteiger partial charge in [0.2, 0.25) is 10.0 Å². The van der Waals surface area contributed by atoms with Crippen LogP contribution < -0.4 is 10.0 Å². The van der Waals surface area contributed by atoms with Crippen LogP contribution in [0.4, 0.5) is 0 Å². The zero-order chi connectivity index (χ0) is 20.0. The first kappa shape index (κ1) is 21.1. The summed E-state index contributed by atoms with van der Waals surface area (Å²) >= 11 is 0. The SMILES string of the molecule is CN=C(NCCS(=O)(=O)NCC1CCC1)N1CCC(c2ccccc2)C(C)C1. The van der Waals surface area contributed by atoms with Gasteiger partial charge in [-0.1, -0.05) is 43.7 Å². The molecule has 1 aliphatic heterocycles. The Morgan fingerprint density at radius 3 is 2.57 bits per heavy atom. The normalized spacial score (nSPS) is 24.1. The number of benzene rings is 1. The molecule has 1 aromatic rings. The summed E-state index contributed by atoms with van der Waals surface area (Å²) in [5, 5.41) is 3.24. The molecule has 0 radical (unpaired) electrons. The maximum atomic E-state index is 12.2. The van der Waals surface area contributed by atoms with Gasteiger partial charge < -0.3 is 10.2 Å². The van der Waals surface area contributed by atoms with Crippen LogP contribution in [0.1, 0.15) is 44.1 Å². The average Bonchev–Trinajstić information content (AvgIpc) is 2.64. The number of likely N-dealkylation sites (tertiary alicyclic amines) is 1. The largest absolute Gasteiger partial charge is 0.355 e. The van der Waals surface area contributed by atoms with Gasteiger partial charge in [-0.3, -0.25) is 4.99 Å². The molecule has 156 valence electrons. The van der Waals surface area contributed by atoms with E-state index in [9.17, 15) is 8.42 Å². The second kappa shape index (κ2) is 9.74. The quantitative estimate of drug-likeness (QED) is 0.539. The summed E-state index contributed by atoms with van der Waals surface area (Å²) in [5.74, 6) is 2.49. The van der Waals surface area contributed by atoms with Crippen molar-refractivity contribution < 1.29 is 8.42 Å². The van der Waals surface area contributed by atoms with Crippen LogP contribution in [0.3, 0.4) is 0 Å². The van der Waals surface area contributed by atoms with Crippen LogP contribution in [0.5, 0.6) is 0 Å². The van der Waals surface area contributed by atoms with Gasteiger partial charge in [0.1, 0.15) is 0 Å². The molecule has 6 nitrogen and oxygen atoms in total. The molecule has 3 rings (SSSR count). The van der Waals surface area contributed by atoms with E-state index in [0.717, 1.165) is 38.3 Å². The molecular weight excluding hydrogens is 372 g/mol. The van der Waals surface area contributed by atoms with Crippen molar-refractivity contribution >= 4 is 16.0 Å². The summed E-state index contributed by atoms with van der Waals surface area (Å²) in [6, 6.07) is 10.7. The van der Waals surface area contributed by atoms with Crippen LogP contribution in [0.15, 0.2) is 35.3 Å². The lowest BCUT2D eigenvalue weighted by atomic mass is 9.82. The lowest BCUT2D eigenvalue weighted by molar-refractivity contribution is 0.235. The number of aliphatic imine (C=N–C) groups is 1. The summed E-state index contributed by atoms with van der Waals surface area (Å²) in [6.07, 6.45) is 4.59. The van der Waals surface area contributed by atoms with Gasteiger partial charge in [0.15, 0.2) is 5.96 Å². The molecule has 0 amide bonds. The molecule has 28 heavy (non-hydrogen) atoms. The predicted octanol–water partition coefficient (Wildman–Crippen LogP) is 2.41. The Bertz CT molecular complexity index is 747. The number of hydrogen-bond donors (Lipinski definition) is 2. The van der Waals surface area contributed by atoms with Gasteiger partial charge in [-0.05, 0) is 42.6 Å². The fourth-order valence-electron chi connectivity index (χ4n) is 4.18. The van der Waals surface area contributed by atoms with Crippen molar-refractivity contribution in [3.8, 4) is 0 Å². The Morgan fingerprint density at radius 1 is 1.21 bits per heavy atom. The molecule has 1 saturated carbocycles. The van der Waals surface area contributed by atoms with Crippen molar-refractivity contribution in [2.75, 3.05) is 39.0 Å². The molecule has 0 bridgehead atoms. The summed E-state index contributed by atoms with van der Waals surface area (Å²) in [7, 11) is -1.47. The molecule has 7 heteroatoms. The van der Waals surface area contributed by atoms with Gasteiger partial charge in [0.25, 0.3) is 0 Å². The fraction of sp³-hybridized carbons (Fsp3) is 0.667. The van der Waals surface area contributed by atoms with Gasteiger partial charge in [0, 0.05) is 33.2 Å². The third-order valence-corrected chi connectivity index (χ3v) is 7.46. The van der Waals surface area contributed by atoms with Crippen molar-refractivity contribution in [3.05, 3.63) is 35.9 Å². The maximum Gasteiger partial charge on any atom is 0.213 e. The zero-order valence-corrected chi connectivity index (χ0v) is 17.9. The lowest BCUT2D eigenvalue weighted by Crippen LogP contribution is -2.49. The van der Waals surface area contributed by atoms with E-state index in [-0.39, 0.29) is 5.75 Å². The summed E-state index contributed by atoms with van der Waals surface area (Å²) < 4.78 is 27.1. The van der Waals surface area contributed by atoms with Gasteiger partial charge in [-0.25, -0.2) is 13.1 Å². The smallest absolute Gasteiger partial charge is 0.213 e. The van der Waals surface area contributed by atoms with E-state index in [4.69, 9.17) is 0 Å². The van der Waals surface area contributed by atoms with Crippen LogP contribution in [0.2, 0.25) is 0 Å². The first-order valence-electron chi connectivity index (χ1n) is 10.5. The zero-order valence-electron chi connectivity index (χ0n) is 17.1. The van der Waals surface area contributed by atoms with E-state index in [1.165, 1.54) is 12.0 Å². The van der Waals surface area contributed by atoms with Crippen LogP contribution in [-0.4, -0.2) is 58.3 Å². The van der Waals surface area contributed by atoms with Gasteiger partial charge in [-0.15, -0.1) is 0 Å². The fourth-order valence-corrected chi connectivity index (χ4v) is 5.18. The molecule has 2 N–H and O–H groups in total. The number of nitrogens with one attached hydrogen (secondary N) is 2. The standard InChI is InChI=1S/C21H34N4O2S/c1-17-16-25(13-11-20(17)19-9-4-3-5-10-19)21(22-2)23-12-14-28(26,27)24-15-18-7-6-8-18/h3-5,9-10,17-18,20,24H,6-8,11-16H2,1-2H3,(H,22,23). The first-order valence-corrected chi connectivity index (χ1v) is 12.1. The van der Waals surface area contributed by atoms with Crippen molar-refractivity contribution in [2.24, 2.45) is 16.8 Å². The Kier molecular flexibility index (Phi) is 7.35. The molecule has 1 aromatic carbocycles. The van der Waals surface area contributed by atoms with E-state index in [1.54, 1.807) is 7.05 Å². The van der Waals surface area contributed by atoms with E-state index < -0.39 is 10.0 Å². The number of nitrogens with zero attached hydrogens (tertiary/aromatic N) is 2. The van der Waals surface area contributed by atoms with Crippen molar-refractivity contribution in [1.29, 1.82) is 0 Å². The Balaban J connectivity index is 1.45. The topological polar surface area (TPSA) is 73.8 Å². The number of guanidine groups is 1. The lowest BCUT2D eigenvalue weighted by Gasteiger charge is -2.39. The van der Waals surface area contributed by atoms with Crippen LogP contribution in [0, 0.1) is 11.8 Å². The van der Waals surface area contributed by atoms with E-state index in [0.29, 0.717) is 30.8 Å². The number of hydrogen-bond acceptors (Lipinski definition) is 3. The summed E-state index contributed by atoms with van der Waals surface area (Å²) in [4.78, 5) is 6.62. The van der Waals surface area contributed by atoms with E-state index in [2.05, 4.69) is 57.2 Å². The van der Waals surface area contributed by atoms with Crippen LogP contribution in [-0.2, 0) is 10.0 Å². The van der Waals surface area contributed by atoms with Crippen LogP contribution >= 0.6 is 0 Å². The minimum absolute atomic E-state index is 0.0781. The Labute approximate surface area is 169 Å².